The number of aryl methyl sites for hydroxylation is 2. The third-order valence-corrected chi connectivity index (χ3v) is 7.81. The van der Waals surface area contributed by atoms with Crippen molar-refractivity contribution in [2.75, 3.05) is 7.11 Å². The molecule has 2 aliphatic rings. The molecule has 1 aliphatic heterocycles. The number of nitrogens with zero attached hydrogens (tertiary/aromatic N) is 2. The van der Waals surface area contributed by atoms with Gasteiger partial charge in [-0.25, -0.2) is 4.39 Å². The number of halogens is 1. The van der Waals surface area contributed by atoms with Crippen LogP contribution in [0.4, 0.5) is 4.39 Å². The summed E-state index contributed by atoms with van der Waals surface area (Å²) in [5.74, 6) is 0.532. The average molecular weight is 486 g/mol. The van der Waals surface area contributed by atoms with Crippen molar-refractivity contribution < 1.29 is 13.9 Å². The molecular formula is C30H32FN3O2. The fourth-order valence-electron chi connectivity index (χ4n) is 6.03. The minimum Gasteiger partial charge on any atom is -0.497 e. The summed E-state index contributed by atoms with van der Waals surface area (Å²) < 4.78 is 23.5. The molecule has 5 nitrogen and oxygen atoms in total. The molecule has 0 radical (unpaired) electrons. The van der Waals surface area contributed by atoms with Gasteiger partial charge in [0, 0.05) is 29.9 Å². The van der Waals surface area contributed by atoms with Gasteiger partial charge >= 0.3 is 0 Å². The zero-order chi connectivity index (χ0) is 24.6. The fourth-order valence-corrected chi connectivity index (χ4v) is 6.03. The Morgan fingerprint density at radius 3 is 2.39 bits per heavy atom. The van der Waals surface area contributed by atoms with Crippen molar-refractivity contribution in [2.24, 2.45) is 0 Å². The van der Waals surface area contributed by atoms with Crippen molar-refractivity contribution in [1.82, 2.24) is 14.3 Å². The Labute approximate surface area is 210 Å². The van der Waals surface area contributed by atoms with E-state index in [1.807, 2.05) is 24.3 Å². The van der Waals surface area contributed by atoms with E-state index in [2.05, 4.69) is 32.6 Å². The van der Waals surface area contributed by atoms with E-state index in [0.717, 1.165) is 85.3 Å². The molecule has 1 N–H and O–H groups in total. The number of carbonyl (C=O) groups excluding carboxylic acids is 1. The summed E-state index contributed by atoms with van der Waals surface area (Å²) in [6.45, 7) is 0.867. The van der Waals surface area contributed by atoms with Crippen LogP contribution in [0.1, 0.15) is 61.0 Å². The van der Waals surface area contributed by atoms with Gasteiger partial charge in [0.05, 0.1) is 12.8 Å². The van der Waals surface area contributed by atoms with Crippen molar-refractivity contribution in [1.29, 1.82) is 0 Å². The smallest absolute Gasteiger partial charge is 0.269 e. The fraction of sp³-hybridized carbons (Fsp3) is 0.367. The van der Waals surface area contributed by atoms with E-state index in [-0.39, 0.29) is 17.8 Å². The summed E-state index contributed by atoms with van der Waals surface area (Å²) in [7, 11) is 1.67. The lowest BCUT2D eigenvalue weighted by atomic mass is 9.94. The lowest BCUT2D eigenvalue weighted by molar-refractivity contribution is 0.0922. The van der Waals surface area contributed by atoms with Gasteiger partial charge in [-0.15, -0.1) is 0 Å². The van der Waals surface area contributed by atoms with E-state index in [9.17, 15) is 9.18 Å². The van der Waals surface area contributed by atoms with Gasteiger partial charge in [0.2, 0.25) is 0 Å². The van der Waals surface area contributed by atoms with E-state index in [4.69, 9.17) is 4.74 Å². The molecule has 0 unspecified atom stereocenters. The predicted molar refractivity (Wildman–Crippen MR) is 140 cm³/mol. The monoisotopic (exact) mass is 485 g/mol. The molecule has 1 aliphatic carbocycles. The minimum absolute atomic E-state index is 0.0163. The lowest BCUT2D eigenvalue weighted by Gasteiger charge is -2.23. The standard InChI is InChI=1S/C30H32FN3O2/c1-36-24-16-12-21(13-17-24)27-25-9-5-6-18-33-26(20-10-14-22(31)15-11-20)19-34(30(25)33)28(27)29(35)32-23-7-3-2-4-8-23/h10-17,19,23H,2-9,18H2,1H3,(H,32,35). The van der Waals surface area contributed by atoms with Crippen molar-refractivity contribution in [2.45, 2.75) is 64.0 Å². The Balaban J connectivity index is 1.56. The molecule has 0 saturated heterocycles. The molecule has 3 heterocycles. The second-order valence-electron chi connectivity index (χ2n) is 10.1. The summed E-state index contributed by atoms with van der Waals surface area (Å²) in [6, 6.07) is 14.9. The number of amides is 1. The second kappa shape index (κ2) is 9.49. The number of nitrogens with one attached hydrogen (secondary N) is 1. The van der Waals surface area contributed by atoms with Gasteiger partial charge in [-0.05, 0) is 79.6 Å². The zero-order valence-electron chi connectivity index (χ0n) is 20.7. The molecule has 4 aromatic rings. The van der Waals surface area contributed by atoms with E-state index in [1.54, 1.807) is 7.11 Å². The molecule has 1 fully saturated rings. The van der Waals surface area contributed by atoms with Gasteiger partial charge < -0.3 is 14.6 Å². The number of imidazole rings is 1. The Bertz CT molecular complexity index is 1390. The van der Waals surface area contributed by atoms with Crippen LogP contribution in [0.15, 0.2) is 54.7 Å². The maximum absolute atomic E-state index is 14.0. The molecule has 1 saturated carbocycles. The van der Waals surface area contributed by atoms with Crippen molar-refractivity contribution >= 4 is 11.6 Å². The maximum atomic E-state index is 14.0. The third-order valence-electron chi connectivity index (χ3n) is 7.81. The summed E-state index contributed by atoms with van der Waals surface area (Å²) in [5, 5.41) is 3.37. The quantitative estimate of drug-likeness (QED) is 0.345. The van der Waals surface area contributed by atoms with E-state index >= 15 is 0 Å². The van der Waals surface area contributed by atoms with Crippen LogP contribution in [0, 0.1) is 5.82 Å². The Morgan fingerprint density at radius 2 is 1.67 bits per heavy atom. The van der Waals surface area contributed by atoms with Crippen LogP contribution in [0.2, 0.25) is 0 Å². The maximum Gasteiger partial charge on any atom is 0.269 e. The first kappa shape index (κ1) is 22.9. The third kappa shape index (κ3) is 3.98. The minimum atomic E-state index is -0.247. The molecule has 2 aromatic heterocycles. The first-order valence-corrected chi connectivity index (χ1v) is 13.1. The SMILES string of the molecule is COc1ccc(-c2c3c4n(c(-c5ccc(F)cc5)cn4c2C(=O)NC2CCCCC2)CCCC3)cc1. The molecule has 186 valence electrons. The number of ether oxygens (including phenoxy) is 1. The van der Waals surface area contributed by atoms with Gasteiger partial charge in [0.15, 0.2) is 0 Å². The van der Waals surface area contributed by atoms with Gasteiger partial charge in [-0.2, -0.15) is 0 Å². The number of carbonyl (C=O) groups is 1. The molecule has 6 rings (SSSR count). The molecule has 1 amide bonds. The Morgan fingerprint density at radius 1 is 0.944 bits per heavy atom. The summed E-state index contributed by atoms with van der Waals surface area (Å²) >= 11 is 0. The number of aromatic nitrogens is 2. The van der Waals surface area contributed by atoms with Crippen molar-refractivity contribution in [3.8, 4) is 28.1 Å². The Kier molecular flexibility index (Phi) is 6.04. The van der Waals surface area contributed by atoms with Crippen LogP contribution in [0.25, 0.3) is 28.0 Å². The van der Waals surface area contributed by atoms with Crippen LogP contribution in [-0.4, -0.2) is 28.0 Å². The lowest BCUT2D eigenvalue weighted by Crippen LogP contribution is -2.37. The van der Waals surface area contributed by atoms with Crippen molar-refractivity contribution in [3.63, 3.8) is 0 Å². The van der Waals surface area contributed by atoms with E-state index in [1.165, 1.54) is 24.1 Å². The van der Waals surface area contributed by atoms with Crippen LogP contribution < -0.4 is 10.1 Å². The average Bonchev–Trinajstić information content (AvgIpc) is 3.32. The highest BCUT2D eigenvalue weighted by atomic mass is 19.1. The number of rotatable bonds is 5. The van der Waals surface area contributed by atoms with Crippen LogP contribution in [0.5, 0.6) is 5.75 Å². The largest absolute Gasteiger partial charge is 0.497 e. The summed E-state index contributed by atoms with van der Waals surface area (Å²) in [6.07, 6.45) is 10.7. The molecule has 36 heavy (non-hydrogen) atoms. The number of hydrogen-bond donors (Lipinski definition) is 1. The van der Waals surface area contributed by atoms with Crippen LogP contribution >= 0.6 is 0 Å². The van der Waals surface area contributed by atoms with Crippen LogP contribution in [0.3, 0.4) is 0 Å². The number of methoxy groups -OCH3 is 1. The normalized spacial score (nSPS) is 16.2. The van der Waals surface area contributed by atoms with Gasteiger partial charge in [-0.1, -0.05) is 31.4 Å². The predicted octanol–water partition coefficient (Wildman–Crippen LogP) is 6.62. The molecule has 0 atom stereocenters. The van der Waals surface area contributed by atoms with Gasteiger partial charge in [-0.3, -0.25) is 9.20 Å². The number of hydrogen-bond acceptors (Lipinski definition) is 2. The van der Waals surface area contributed by atoms with E-state index in [0.29, 0.717) is 5.69 Å². The second-order valence-corrected chi connectivity index (χ2v) is 10.1. The van der Waals surface area contributed by atoms with E-state index < -0.39 is 0 Å². The molecule has 2 aromatic carbocycles. The first-order valence-electron chi connectivity index (χ1n) is 13.1. The van der Waals surface area contributed by atoms with Crippen molar-refractivity contribution in [3.05, 3.63) is 71.8 Å². The number of benzene rings is 2. The van der Waals surface area contributed by atoms with Crippen LogP contribution in [-0.2, 0) is 13.0 Å². The molecule has 0 bridgehead atoms. The molecule has 0 spiro atoms. The Hall–Kier alpha value is -3.54. The van der Waals surface area contributed by atoms with Gasteiger partial charge in [0.25, 0.3) is 5.91 Å². The van der Waals surface area contributed by atoms with Gasteiger partial charge in [0.1, 0.15) is 22.9 Å². The topological polar surface area (TPSA) is 47.7 Å². The summed E-state index contributed by atoms with van der Waals surface area (Å²) in [4.78, 5) is 14.0. The first-order chi connectivity index (χ1) is 17.6. The highest BCUT2D eigenvalue weighted by molar-refractivity contribution is 6.03. The molecular weight excluding hydrogens is 453 g/mol. The summed E-state index contributed by atoms with van der Waals surface area (Å²) in [5.41, 5.74) is 6.99. The highest BCUT2D eigenvalue weighted by Crippen LogP contribution is 2.40. The highest BCUT2D eigenvalue weighted by Gasteiger charge is 2.30. The zero-order valence-corrected chi connectivity index (χ0v) is 20.7. The molecule has 6 heteroatoms.